The number of hydrazine groups is 2. The van der Waals surface area contributed by atoms with Crippen molar-refractivity contribution in [3.05, 3.63) is 71.8 Å². The summed E-state index contributed by atoms with van der Waals surface area (Å²) in [6, 6.07) is 20.9. The molecule has 0 atom stereocenters. The quantitative estimate of drug-likeness (QED) is 0.469. The Balaban J connectivity index is 1.54. The third-order valence-corrected chi connectivity index (χ3v) is 5.18. The van der Waals surface area contributed by atoms with Crippen LogP contribution in [0.2, 0.25) is 0 Å². The van der Waals surface area contributed by atoms with Crippen LogP contribution in [0.25, 0.3) is 0 Å². The molecule has 154 valence electrons. The van der Waals surface area contributed by atoms with E-state index in [2.05, 4.69) is 69.7 Å². The lowest BCUT2D eigenvalue weighted by Gasteiger charge is -2.25. The van der Waals surface area contributed by atoms with Crippen molar-refractivity contribution in [2.75, 3.05) is 6.54 Å². The van der Waals surface area contributed by atoms with Gasteiger partial charge in [-0.05, 0) is 24.0 Å². The van der Waals surface area contributed by atoms with Crippen molar-refractivity contribution in [2.24, 2.45) is 5.10 Å². The van der Waals surface area contributed by atoms with E-state index in [-0.39, 0.29) is 12.3 Å². The lowest BCUT2D eigenvalue weighted by atomic mass is 9.90. The second kappa shape index (κ2) is 11.2. The van der Waals surface area contributed by atoms with Gasteiger partial charge in [0.15, 0.2) is 5.84 Å². The summed E-state index contributed by atoms with van der Waals surface area (Å²) in [6.07, 6.45) is 6.46. The highest BCUT2D eigenvalue weighted by molar-refractivity contribution is 5.92. The second-order valence-electron chi connectivity index (χ2n) is 7.36. The Labute approximate surface area is 172 Å². The molecule has 3 rings (SSSR count). The number of nitrogens with one attached hydrogen (secondary N) is 2. The smallest absolute Gasteiger partial charge is 0.303 e. The number of carboxylic acids is 1. The Morgan fingerprint density at radius 3 is 2.00 bits per heavy atom. The number of carboxylic acid groups (broad SMARTS) is 1. The zero-order valence-electron chi connectivity index (χ0n) is 16.8. The molecule has 0 saturated carbocycles. The van der Waals surface area contributed by atoms with Crippen molar-refractivity contribution in [3.8, 4) is 0 Å². The first-order chi connectivity index (χ1) is 14.3. The van der Waals surface area contributed by atoms with Crippen molar-refractivity contribution in [3.63, 3.8) is 0 Å². The van der Waals surface area contributed by atoms with E-state index in [1.807, 2.05) is 12.1 Å². The van der Waals surface area contributed by atoms with Gasteiger partial charge in [0.2, 0.25) is 0 Å². The number of hydrogen-bond acceptors (Lipinski definition) is 5. The maximum atomic E-state index is 10.5. The Bertz CT molecular complexity index is 740. The van der Waals surface area contributed by atoms with Gasteiger partial charge >= 0.3 is 5.97 Å². The van der Waals surface area contributed by atoms with Crippen LogP contribution < -0.4 is 11.1 Å². The molecule has 0 unspecified atom stereocenters. The molecular weight excluding hydrogens is 364 g/mol. The minimum atomic E-state index is -0.698. The molecule has 0 spiro atoms. The first-order valence-corrected chi connectivity index (χ1v) is 10.4. The van der Waals surface area contributed by atoms with E-state index in [0.29, 0.717) is 0 Å². The van der Waals surface area contributed by atoms with Gasteiger partial charge in [-0.3, -0.25) is 9.80 Å². The minimum absolute atomic E-state index is 0.0657. The van der Waals surface area contributed by atoms with Crippen LogP contribution in [0.4, 0.5) is 0 Å². The summed E-state index contributed by atoms with van der Waals surface area (Å²) < 4.78 is 0. The molecule has 0 radical (unpaired) electrons. The zero-order chi connectivity index (χ0) is 20.3. The summed E-state index contributed by atoms with van der Waals surface area (Å²) >= 11 is 0. The molecule has 6 nitrogen and oxygen atoms in total. The summed E-state index contributed by atoms with van der Waals surface area (Å²) in [5.41, 5.74) is 8.52. The number of hydrogen-bond donors (Lipinski definition) is 3. The molecule has 0 aliphatic carbocycles. The average molecular weight is 395 g/mol. The molecule has 0 fully saturated rings. The van der Waals surface area contributed by atoms with E-state index in [1.54, 1.807) is 0 Å². The maximum absolute atomic E-state index is 10.5. The number of amidine groups is 1. The molecule has 29 heavy (non-hydrogen) atoms. The molecule has 3 N–H and O–H groups in total. The van der Waals surface area contributed by atoms with Crippen LogP contribution in [0.5, 0.6) is 0 Å². The maximum Gasteiger partial charge on any atom is 0.303 e. The summed E-state index contributed by atoms with van der Waals surface area (Å²) in [5.74, 6) is 0.343. The highest BCUT2D eigenvalue weighted by atomic mass is 16.4. The minimum Gasteiger partial charge on any atom is -0.481 e. The van der Waals surface area contributed by atoms with Crippen molar-refractivity contribution >= 4 is 11.8 Å². The highest BCUT2D eigenvalue weighted by Gasteiger charge is 2.28. The summed E-state index contributed by atoms with van der Waals surface area (Å²) in [5, 5.41) is 15.3. The number of unbranched alkanes of at least 4 members (excludes halogenated alkanes) is 5. The Morgan fingerprint density at radius 1 is 0.862 bits per heavy atom. The number of carbonyl (C=O) groups is 1. The Kier molecular flexibility index (Phi) is 8.07. The van der Waals surface area contributed by atoms with E-state index in [9.17, 15) is 4.79 Å². The largest absolute Gasteiger partial charge is 0.481 e. The van der Waals surface area contributed by atoms with Crippen molar-refractivity contribution in [2.45, 2.75) is 50.9 Å². The summed E-state index contributed by atoms with van der Waals surface area (Å²) in [4.78, 5) is 10.5. The molecule has 0 aromatic heterocycles. The molecule has 2 aromatic rings. The lowest BCUT2D eigenvalue weighted by molar-refractivity contribution is -0.137. The van der Waals surface area contributed by atoms with Gasteiger partial charge in [0.25, 0.3) is 0 Å². The molecule has 1 heterocycles. The predicted octanol–water partition coefficient (Wildman–Crippen LogP) is 4.27. The summed E-state index contributed by atoms with van der Waals surface area (Å²) in [6.45, 7) is 0.872. The number of hydrazone groups is 1. The first kappa shape index (κ1) is 20.9. The van der Waals surface area contributed by atoms with Crippen LogP contribution in [0, 0.1) is 0 Å². The van der Waals surface area contributed by atoms with Crippen molar-refractivity contribution < 1.29 is 9.90 Å². The highest BCUT2D eigenvalue weighted by Crippen LogP contribution is 2.28. The van der Waals surface area contributed by atoms with E-state index < -0.39 is 5.97 Å². The molecule has 2 aromatic carbocycles. The van der Waals surface area contributed by atoms with E-state index in [0.717, 1.165) is 50.9 Å². The molecule has 1 aliphatic rings. The fraction of sp³-hybridized carbons (Fsp3) is 0.391. The first-order valence-electron chi connectivity index (χ1n) is 10.4. The van der Waals surface area contributed by atoms with Gasteiger partial charge < -0.3 is 5.11 Å². The third-order valence-electron chi connectivity index (χ3n) is 5.18. The SMILES string of the molecule is O=C(O)CCCCCCCCN1NNN=C1C(c1ccccc1)c1ccccc1. The Hall–Kier alpha value is -2.86. The molecule has 0 bridgehead atoms. The van der Waals surface area contributed by atoms with Crippen LogP contribution in [-0.2, 0) is 4.79 Å². The van der Waals surface area contributed by atoms with Gasteiger partial charge in [0.05, 0.1) is 5.92 Å². The van der Waals surface area contributed by atoms with E-state index in [1.165, 1.54) is 11.1 Å². The zero-order valence-corrected chi connectivity index (χ0v) is 16.8. The van der Waals surface area contributed by atoms with Crippen LogP contribution in [0.3, 0.4) is 0 Å². The van der Waals surface area contributed by atoms with E-state index >= 15 is 0 Å². The summed E-state index contributed by atoms with van der Waals surface area (Å²) in [7, 11) is 0. The van der Waals surface area contributed by atoms with Gasteiger partial charge in [-0.1, -0.05) is 86.3 Å². The van der Waals surface area contributed by atoms with Gasteiger partial charge in [0, 0.05) is 13.0 Å². The van der Waals surface area contributed by atoms with Crippen molar-refractivity contribution in [1.82, 2.24) is 16.1 Å². The third kappa shape index (κ3) is 6.32. The molecule has 0 saturated heterocycles. The normalized spacial score (nSPS) is 13.4. The van der Waals surface area contributed by atoms with Crippen LogP contribution in [-0.4, -0.2) is 28.5 Å². The van der Waals surface area contributed by atoms with Crippen LogP contribution >= 0.6 is 0 Å². The molecular formula is C23H30N4O2. The van der Waals surface area contributed by atoms with Gasteiger partial charge in [-0.2, -0.15) is 0 Å². The molecule has 1 aliphatic heterocycles. The number of nitrogens with zero attached hydrogens (tertiary/aromatic N) is 2. The van der Waals surface area contributed by atoms with Crippen molar-refractivity contribution in [1.29, 1.82) is 0 Å². The van der Waals surface area contributed by atoms with Gasteiger partial charge in [-0.15, -0.1) is 10.6 Å². The topological polar surface area (TPSA) is 77.0 Å². The average Bonchev–Trinajstić information content (AvgIpc) is 3.19. The van der Waals surface area contributed by atoms with Gasteiger partial charge in [-0.25, -0.2) is 5.53 Å². The monoisotopic (exact) mass is 394 g/mol. The fourth-order valence-electron chi connectivity index (χ4n) is 3.69. The molecule has 6 heteroatoms. The predicted molar refractivity (Wildman–Crippen MR) is 115 cm³/mol. The fourth-order valence-corrected chi connectivity index (χ4v) is 3.69. The molecule has 0 amide bonds. The van der Waals surface area contributed by atoms with Crippen LogP contribution in [0.1, 0.15) is 62.0 Å². The van der Waals surface area contributed by atoms with E-state index in [4.69, 9.17) is 5.11 Å². The standard InChI is InChI=1S/C23H30N4O2/c28-21(29)17-11-3-1-2-4-12-18-27-23(24-25-26-27)22(19-13-7-5-8-14-19)20-15-9-6-10-16-20/h5-10,13-16,22,25-26H,1-4,11-12,17-18H2,(H,28,29). The second-order valence-corrected chi connectivity index (χ2v) is 7.36. The Morgan fingerprint density at radius 2 is 1.41 bits per heavy atom. The number of rotatable bonds is 12. The van der Waals surface area contributed by atoms with Gasteiger partial charge in [0.1, 0.15) is 0 Å². The lowest BCUT2D eigenvalue weighted by Crippen LogP contribution is -2.43. The van der Waals surface area contributed by atoms with Crippen LogP contribution in [0.15, 0.2) is 65.8 Å². The number of benzene rings is 2. The number of aliphatic carboxylic acids is 1.